The number of amides is 1. The van der Waals surface area contributed by atoms with E-state index < -0.39 is 46.5 Å². The number of hydrogen-bond donors (Lipinski definition) is 3. The van der Waals surface area contributed by atoms with Crippen LogP contribution in [-0.2, 0) is 5.54 Å². The molecule has 1 aromatic carbocycles. The van der Waals surface area contributed by atoms with Gasteiger partial charge in [-0.3, -0.25) is 10.1 Å². The molecule has 0 radical (unpaired) electrons. The Bertz CT molecular complexity index is 932. The maximum absolute atomic E-state index is 14.9. The van der Waals surface area contributed by atoms with Crippen molar-refractivity contribution in [3.05, 3.63) is 64.1 Å². The summed E-state index contributed by atoms with van der Waals surface area (Å²) in [6.07, 6.45) is -12.0. The number of carbonyl (C=O) groups excluding carboxylic acids is 1. The maximum Gasteiger partial charge on any atom is 0.417 e. The summed E-state index contributed by atoms with van der Waals surface area (Å²) < 4.78 is 68.2. The topological polar surface area (TPSA) is 74.2 Å². The lowest BCUT2D eigenvalue weighted by molar-refractivity contribution is -0.228. The number of carbonyl (C=O) groups is 1. The number of hydrogen-bond acceptors (Lipinski definition) is 4. The first kappa shape index (κ1) is 24.1. The quantitative estimate of drug-likeness (QED) is 0.323. The van der Waals surface area contributed by atoms with Gasteiger partial charge in [0.2, 0.25) is 0 Å². The first-order chi connectivity index (χ1) is 13.9. The van der Waals surface area contributed by atoms with Crippen LogP contribution in [0.15, 0.2) is 47.1 Å². The maximum atomic E-state index is 14.9. The number of aliphatic hydroxyl groups is 1. The van der Waals surface area contributed by atoms with E-state index in [0.29, 0.717) is 0 Å². The number of pyridine rings is 1. The van der Waals surface area contributed by atoms with E-state index in [1.807, 2.05) is 0 Å². The molecule has 1 heterocycles. The number of nitrogens with one attached hydrogen (secondary N) is 2. The Morgan fingerprint density at radius 2 is 1.80 bits per heavy atom. The van der Waals surface area contributed by atoms with Crippen molar-refractivity contribution in [3.63, 3.8) is 0 Å². The Balaban J connectivity index is 2.39. The van der Waals surface area contributed by atoms with Crippen molar-refractivity contribution >= 4 is 39.2 Å². The molecule has 0 aliphatic carbocycles. The summed E-state index contributed by atoms with van der Waals surface area (Å²) >= 11 is 7.86. The minimum absolute atomic E-state index is 0.000127. The fourth-order valence-corrected chi connectivity index (χ4v) is 3.17. The molecule has 0 aliphatic rings. The zero-order chi connectivity index (χ0) is 22.7. The van der Waals surface area contributed by atoms with Crippen LogP contribution < -0.4 is 10.6 Å². The largest absolute Gasteiger partial charge is 0.417 e. The molecule has 12 heteroatoms. The molecule has 2 rings (SSSR count). The van der Waals surface area contributed by atoms with E-state index in [1.165, 1.54) is 12.1 Å². The van der Waals surface area contributed by atoms with Gasteiger partial charge in [-0.25, -0.2) is 13.8 Å². The minimum atomic E-state index is -5.35. The van der Waals surface area contributed by atoms with Crippen molar-refractivity contribution in [1.82, 2.24) is 15.6 Å². The first-order valence-corrected chi connectivity index (χ1v) is 9.46. The Hall–Kier alpha value is -2.18. The van der Waals surface area contributed by atoms with Gasteiger partial charge in [-0.15, -0.1) is 0 Å². The van der Waals surface area contributed by atoms with Crippen molar-refractivity contribution in [3.8, 4) is 0 Å². The third-order valence-corrected chi connectivity index (χ3v) is 4.75. The number of alkyl halides is 4. The van der Waals surface area contributed by atoms with Crippen LogP contribution in [0.1, 0.15) is 23.0 Å². The lowest BCUT2D eigenvalue weighted by atomic mass is 9.87. The van der Waals surface area contributed by atoms with Crippen molar-refractivity contribution in [2.45, 2.75) is 30.9 Å². The highest BCUT2D eigenvalue weighted by atomic mass is 79.9. The molecular formula is C18H15BrF5N3O2S. The Morgan fingerprint density at radius 3 is 2.37 bits per heavy atom. The second-order valence-electron chi connectivity index (χ2n) is 6.33. The molecule has 0 bridgehead atoms. The molecule has 0 aliphatic heterocycles. The van der Waals surface area contributed by atoms with Crippen LogP contribution in [0.2, 0.25) is 0 Å². The molecule has 2 aromatic rings. The number of rotatable bonds is 5. The number of thiocarbonyl (C=S) groups is 1. The summed E-state index contributed by atoms with van der Waals surface area (Å²) in [7, 11) is 0. The molecule has 30 heavy (non-hydrogen) atoms. The summed E-state index contributed by atoms with van der Waals surface area (Å²) in [4.78, 5) is 15.9. The van der Waals surface area contributed by atoms with Gasteiger partial charge >= 0.3 is 6.18 Å². The van der Waals surface area contributed by atoms with Gasteiger partial charge < -0.3 is 10.4 Å². The van der Waals surface area contributed by atoms with Crippen molar-refractivity contribution < 1.29 is 31.9 Å². The van der Waals surface area contributed by atoms with Gasteiger partial charge in [-0.05, 0) is 59.3 Å². The Kier molecular flexibility index (Phi) is 7.48. The highest BCUT2D eigenvalue weighted by Crippen LogP contribution is 2.36. The SMILES string of the molecule is C[C@@](NC(=S)NC(=O)c1ccccc1)(c1nc(Br)ccc1F)[C@@H](F)[C@H](O)C(F)(F)F. The normalized spacial score (nSPS) is 15.6. The highest BCUT2D eigenvalue weighted by Gasteiger charge is 2.54. The van der Waals surface area contributed by atoms with Crippen LogP contribution in [0.4, 0.5) is 22.0 Å². The van der Waals surface area contributed by atoms with E-state index >= 15 is 0 Å². The van der Waals surface area contributed by atoms with Gasteiger partial charge in [0.1, 0.15) is 21.7 Å². The predicted octanol–water partition coefficient (Wildman–Crippen LogP) is 3.76. The van der Waals surface area contributed by atoms with Crippen LogP contribution in [0, 0.1) is 5.82 Å². The summed E-state index contributed by atoms with van der Waals surface area (Å²) in [5, 5.41) is 13.2. The third kappa shape index (κ3) is 5.49. The van der Waals surface area contributed by atoms with Crippen LogP contribution in [0.5, 0.6) is 0 Å². The zero-order valence-electron chi connectivity index (χ0n) is 15.2. The summed E-state index contributed by atoms with van der Waals surface area (Å²) in [5.74, 6) is -1.88. The number of halogens is 6. The van der Waals surface area contributed by atoms with Gasteiger partial charge in [-0.1, -0.05) is 18.2 Å². The van der Waals surface area contributed by atoms with Crippen LogP contribution in [-0.4, -0.2) is 39.6 Å². The third-order valence-electron chi connectivity index (χ3n) is 4.10. The molecule has 162 valence electrons. The van der Waals surface area contributed by atoms with Gasteiger partial charge in [-0.2, -0.15) is 13.2 Å². The average Bonchev–Trinajstić information content (AvgIpc) is 2.68. The molecule has 5 nitrogen and oxygen atoms in total. The molecule has 1 amide bonds. The van der Waals surface area contributed by atoms with Crippen molar-refractivity contribution in [2.24, 2.45) is 0 Å². The van der Waals surface area contributed by atoms with Crippen molar-refractivity contribution in [2.75, 3.05) is 0 Å². The molecule has 0 saturated carbocycles. The predicted molar refractivity (Wildman–Crippen MR) is 106 cm³/mol. The smallest absolute Gasteiger partial charge is 0.381 e. The van der Waals surface area contributed by atoms with Gasteiger partial charge in [0, 0.05) is 5.56 Å². The van der Waals surface area contributed by atoms with Crippen LogP contribution >= 0.6 is 28.1 Å². The van der Waals surface area contributed by atoms with E-state index in [4.69, 9.17) is 12.2 Å². The standard InChI is InChI=1S/C18H15BrF5N3O2S/c1-17(12(21)14(28)18(22,23)24,13-10(20)7-8-11(19)25-13)27-16(30)26-15(29)9-5-3-2-4-6-9/h2-8,12,14,28H,1H3,(H2,26,27,29,30)/t12-,14-,17-/m0/s1. The van der Waals surface area contributed by atoms with Gasteiger partial charge in [0.05, 0.1) is 0 Å². The van der Waals surface area contributed by atoms with E-state index in [-0.39, 0.29) is 10.2 Å². The Labute approximate surface area is 181 Å². The highest BCUT2D eigenvalue weighted by molar-refractivity contribution is 9.10. The minimum Gasteiger partial charge on any atom is -0.381 e. The van der Waals surface area contributed by atoms with Gasteiger partial charge in [0.15, 0.2) is 17.4 Å². The molecule has 0 fully saturated rings. The average molecular weight is 512 g/mol. The summed E-state index contributed by atoms with van der Waals surface area (Å²) in [6, 6.07) is 9.67. The fourth-order valence-electron chi connectivity index (χ4n) is 2.55. The van der Waals surface area contributed by atoms with Gasteiger partial charge in [0.25, 0.3) is 5.91 Å². The summed E-state index contributed by atoms with van der Waals surface area (Å²) in [6.45, 7) is 0.839. The van der Waals surface area contributed by atoms with E-state index in [1.54, 1.807) is 18.2 Å². The molecule has 0 spiro atoms. The lowest BCUT2D eigenvalue weighted by Gasteiger charge is -2.37. The van der Waals surface area contributed by atoms with E-state index in [2.05, 4.69) is 31.5 Å². The number of aliphatic hydroxyl groups excluding tert-OH is 1. The van der Waals surface area contributed by atoms with Crippen LogP contribution in [0.3, 0.4) is 0 Å². The van der Waals surface area contributed by atoms with Crippen molar-refractivity contribution in [1.29, 1.82) is 0 Å². The van der Waals surface area contributed by atoms with Crippen LogP contribution in [0.25, 0.3) is 0 Å². The lowest BCUT2D eigenvalue weighted by Crippen LogP contribution is -2.60. The first-order valence-electron chi connectivity index (χ1n) is 8.26. The number of benzene rings is 1. The zero-order valence-corrected chi connectivity index (χ0v) is 17.6. The van der Waals surface area contributed by atoms with E-state index in [9.17, 15) is 31.9 Å². The second-order valence-corrected chi connectivity index (χ2v) is 7.55. The number of nitrogens with zero attached hydrogens (tertiary/aromatic N) is 1. The fraction of sp³-hybridized carbons (Fsp3) is 0.278. The molecular weight excluding hydrogens is 497 g/mol. The monoisotopic (exact) mass is 511 g/mol. The molecule has 3 atom stereocenters. The number of aromatic nitrogens is 1. The van der Waals surface area contributed by atoms with E-state index in [0.717, 1.165) is 19.1 Å². The summed E-state index contributed by atoms with van der Waals surface area (Å²) in [5.41, 5.74) is -3.21. The molecule has 3 N–H and O–H groups in total. The molecule has 1 aromatic heterocycles. The Morgan fingerprint density at radius 1 is 1.20 bits per heavy atom. The molecule has 0 unspecified atom stereocenters. The molecule has 0 saturated heterocycles. The second kappa shape index (κ2) is 9.31.